The molecule has 1 aromatic carbocycles. The summed E-state index contributed by atoms with van der Waals surface area (Å²) in [5.41, 5.74) is 0.613. The number of amides is 1. The van der Waals surface area contributed by atoms with Gasteiger partial charge in [-0.2, -0.15) is 15.0 Å². The Morgan fingerprint density at radius 2 is 1.90 bits per heavy atom. The summed E-state index contributed by atoms with van der Waals surface area (Å²) in [5, 5.41) is 15.2. The fourth-order valence-corrected chi connectivity index (χ4v) is 3.12. The summed E-state index contributed by atoms with van der Waals surface area (Å²) in [6.45, 7) is 6.70. The van der Waals surface area contributed by atoms with Crippen LogP contribution in [0.25, 0.3) is 0 Å². The monoisotopic (exact) mass is 415 g/mol. The van der Waals surface area contributed by atoms with E-state index in [1.54, 1.807) is 19.2 Å². The van der Waals surface area contributed by atoms with Crippen molar-refractivity contribution in [1.82, 2.24) is 19.9 Å². The minimum Gasteiger partial charge on any atom is -0.497 e. The van der Waals surface area contributed by atoms with Gasteiger partial charge < -0.3 is 30.3 Å². The van der Waals surface area contributed by atoms with Crippen LogP contribution in [0.4, 0.5) is 17.8 Å². The highest BCUT2D eigenvalue weighted by molar-refractivity contribution is 5.94. The van der Waals surface area contributed by atoms with E-state index >= 15 is 0 Å². The van der Waals surface area contributed by atoms with Gasteiger partial charge in [0.1, 0.15) is 5.75 Å². The topological polar surface area (TPSA) is 116 Å². The van der Waals surface area contributed by atoms with Crippen LogP contribution >= 0.6 is 0 Å². The van der Waals surface area contributed by atoms with Crippen LogP contribution in [-0.2, 0) is 0 Å². The van der Waals surface area contributed by atoms with E-state index in [2.05, 4.69) is 25.6 Å². The number of nitrogens with zero attached hydrogens (tertiary/aromatic N) is 5. The Labute approximate surface area is 176 Å². The number of benzene rings is 1. The quantitative estimate of drug-likeness (QED) is 0.582. The van der Waals surface area contributed by atoms with E-state index in [9.17, 15) is 4.79 Å². The van der Waals surface area contributed by atoms with Crippen molar-refractivity contribution < 1.29 is 14.6 Å². The molecule has 0 spiro atoms. The fourth-order valence-electron chi connectivity index (χ4n) is 3.12. The van der Waals surface area contributed by atoms with E-state index in [1.165, 1.54) is 0 Å². The second-order valence-electron chi connectivity index (χ2n) is 7.24. The zero-order chi connectivity index (χ0) is 21.5. The molecule has 0 unspecified atom stereocenters. The number of aliphatic hydroxyl groups is 1. The van der Waals surface area contributed by atoms with E-state index in [4.69, 9.17) is 9.84 Å². The number of carbonyl (C=O) groups excluding carboxylic acids is 1. The number of hydrogen-bond acceptors (Lipinski definition) is 9. The number of hydrogen-bond donors (Lipinski definition) is 3. The van der Waals surface area contributed by atoms with Crippen molar-refractivity contribution in [2.24, 2.45) is 0 Å². The van der Waals surface area contributed by atoms with E-state index in [0.29, 0.717) is 61.9 Å². The van der Waals surface area contributed by atoms with Crippen LogP contribution in [0.2, 0.25) is 0 Å². The third-order valence-electron chi connectivity index (χ3n) is 4.60. The minimum atomic E-state index is -0.0170. The predicted molar refractivity (Wildman–Crippen MR) is 115 cm³/mol. The number of piperazine rings is 1. The summed E-state index contributed by atoms with van der Waals surface area (Å²) in [6.07, 6.45) is 0. The molecule has 10 nitrogen and oxygen atoms in total. The minimum absolute atomic E-state index is 0.0149. The molecule has 3 N–H and O–H groups in total. The number of carbonyl (C=O) groups is 1. The predicted octanol–water partition coefficient (Wildman–Crippen LogP) is 1.07. The van der Waals surface area contributed by atoms with Gasteiger partial charge in [0.05, 0.1) is 13.7 Å². The Morgan fingerprint density at radius 1 is 1.17 bits per heavy atom. The van der Waals surface area contributed by atoms with Crippen LogP contribution in [0, 0.1) is 0 Å². The SMILES string of the molecule is COc1cccc(C(=O)N2CCN(c3nc(NCCO)nc(NC(C)C)n3)CC2)c1. The van der Waals surface area contributed by atoms with Crippen LogP contribution in [0.15, 0.2) is 24.3 Å². The Kier molecular flexibility index (Phi) is 7.23. The lowest BCUT2D eigenvalue weighted by Gasteiger charge is -2.35. The molecule has 0 radical (unpaired) electrons. The highest BCUT2D eigenvalue weighted by Gasteiger charge is 2.24. The van der Waals surface area contributed by atoms with Crippen LogP contribution in [0.3, 0.4) is 0 Å². The first kappa shape index (κ1) is 21.6. The molecule has 2 heterocycles. The molecule has 0 bridgehead atoms. The third kappa shape index (κ3) is 5.47. The second-order valence-corrected chi connectivity index (χ2v) is 7.24. The normalized spacial score (nSPS) is 14.0. The van der Waals surface area contributed by atoms with Gasteiger partial charge in [-0.1, -0.05) is 6.07 Å². The Balaban J connectivity index is 1.69. The molecule has 1 aromatic heterocycles. The van der Waals surface area contributed by atoms with Crippen molar-refractivity contribution in [2.45, 2.75) is 19.9 Å². The molecule has 0 saturated carbocycles. The van der Waals surface area contributed by atoms with Gasteiger partial charge in [-0.05, 0) is 32.0 Å². The summed E-state index contributed by atoms with van der Waals surface area (Å²) in [7, 11) is 1.59. The number of anilines is 3. The van der Waals surface area contributed by atoms with Crippen LogP contribution in [0.1, 0.15) is 24.2 Å². The highest BCUT2D eigenvalue weighted by Crippen LogP contribution is 2.19. The average Bonchev–Trinajstić information content (AvgIpc) is 2.76. The van der Waals surface area contributed by atoms with Gasteiger partial charge in [-0.15, -0.1) is 0 Å². The smallest absolute Gasteiger partial charge is 0.254 e. The highest BCUT2D eigenvalue weighted by atomic mass is 16.5. The van der Waals surface area contributed by atoms with Gasteiger partial charge in [0, 0.05) is 44.3 Å². The third-order valence-corrected chi connectivity index (χ3v) is 4.60. The number of ether oxygens (including phenoxy) is 1. The maximum Gasteiger partial charge on any atom is 0.254 e. The number of aliphatic hydroxyl groups excluding tert-OH is 1. The molecule has 1 fully saturated rings. The molecule has 162 valence electrons. The summed E-state index contributed by atoms with van der Waals surface area (Å²) in [6, 6.07) is 7.36. The van der Waals surface area contributed by atoms with E-state index in [-0.39, 0.29) is 18.6 Å². The number of aromatic nitrogens is 3. The van der Waals surface area contributed by atoms with Crippen LogP contribution in [0.5, 0.6) is 5.75 Å². The first-order valence-electron chi connectivity index (χ1n) is 10.1. The number of rotatable bonds is 8. The molecule has 1 aliphatic rings. The van der Waals surface area contributed by atoms with E-state index in [1.807, 2.05) is 35.8 Å². The average molecular weight is 415 g/mol. The maximum absolute atomic E-state index is 12.8. The molecular formula is C20H29N7O3. The Hall–Kier alpha value is -3.14. The molecule has 2 aromatic rings. The Bertz CT molecular complexity index is 854. The molecule has 1 saturated heterocycles. The lowest BCUT2D eigenvalue weighted by atomic mass is 10.1. The lowest BCUT2D eigenvalue weighted by Crippen LogP contribution is -2.49. The van der Waals surface area contributed by atoms with E-state index in [0.717, 1.165) is 0 Å². The summed E-state index contributed by atoms with van der Waals surface area (Å²) in [5.74, 6) is 2.08. The van der Waals surface area contributed by atoms with Crippen molar-refractivity contribution in [2.75, 3.05) is 62.0 Å². The summed E-state index contributed by atoms with van der Waals surface area (Å²) >= 11 is 0. The van der Waals surface area contributed by atoms with Gasteiger partial charge in [-0.25, -0.2) is 0 Å². The molecule has 0 atom stereocenters. The van der Waals surface area contributed by atoms with Gasteiger partial charge in [-0.3, -0.25) is 4.79 Å². The summed E-state index contributed by atoms with van der Waals surface area (Å²) < 4.78 is 5.22. The molecular weight excluding hydrogens is 386 g/mol. The van der Waals surface area contributed by atoms with Crippen molar-refractivity contribution >= 4 is 23.8 Å². The molecule has 0 aliphatic carbocycles. The molecule has 1 amide bonds. The molecule has 30 heavy (non-hydrogen) atoms. The lowest BCUT2D eigenvalue weighted by molar-refractivity contribution is 0.0746. The number of nitrogens with one attached hydrogen (secondary N) is 2. The Morgan fingerprint density at radius 3 is 2.57 bits per heavy atom. The summed E-state index contributed by atoms with van der Waals surface area (Å²) in [4.78, 5) is 30.0. The van der Waals surface area contributed by atoms with Crippen molar-refractivity contribution in [1.29, 1.82) is 0 Å². The van der Waals surface area contributed by atoms with Crippen LogP contribution < -0.4 is 20.3 Å². The zero-order valence-electron chi connectivity index (χ0n) is 17.6. The van der Waals surface area contributed by atoms with Crippen molar-refractivity contribution in [3.63, 3.8) is 0 Å². The van der Waals surface area contributed by atoms with Crippen LogP contribution in [-0.4, -0.2) is 83.3 Å². The first-order chi connectivity index (χ1) is 14.5. The number of methoxy groups -OCH3 is 1. The van der Waals surface area contributed by atoms with Gasteiger partial charge in [0.25, 0.3) is 5.91 Å². The zero-order valence-corrected chi connectivity index (χ0v) is 17.6. The fraction of sp³-hybridized carbons (Fsp3) is 0.500. The molecule has 3 rings (SSSR count). The van der Waals surface area contributed by atoms with Gasteiger partial charge in [0.2, 0.25) is 17.8 Å². The second kappa shape index (κ2) is 10.1. The van der Waals surface area contributed by atoms with Gasteiger partial charge in [0.15, 0.2) is 0 Å². The maximum atomic E-state index is 12.8. The largest absolute Gasteiger partial charge is 0.497 e. The van der Waals surface area contributed by atoms with Crippen molar-refractivity contribution in [3.05, 3.63) is 29.8 Å². The standard InChI is InChI=1S/C20H29N7O3/c1-14(2)22-19-23-18(21-7-12-28)24-20(25-19)27-10-8-26(9-11-27)17(29)15-5-4-6-16(13-15)30-3/h4-6,13-14,28H,7-12H2,1-3H3,(H2,21,22,23,24,25). The molecule has 1 aliphatic heterocycles. The van der Waals surface area contributed by atoms with Crippen molar-refractivity contribution in [3.8, 4) is 5.75 Å². The van der Waals surface area contributed by atoms with E-state index < -0.39 is 0 Å². The van der Waals surface area contributed by atoms with Gasteiger partial charge >= 0.3 is 0 Å². The first-order valence-corrected chi connectivity index (χ1v) is 10.1. The molecule has 10 heteroatoms.